The molecule has 0 aliphatic rings. The van der Waals surface area contributed by atoms with Crippen LogP contribution in [0.2, 0.25) is 0 Å². The summed E-state index contributed by atoms with van der Waals surface area (Å²) in [6.45, 7) is 4.07. The van der Waals surface area contributed by atoms with Gasteiger partial charge in [-0.1, -0.05) is 56.2 Å². The van der Waals surface area contributed by atoms with Gasteiger partial charge in [0.05, 0.1) is 5.69 Å². The molecular formula is C23H26N4S. The topological polar surface area (TPSA) is 42.7 Å². The van der Waals surface area contributed by atoms with Crippen LogP contribution in [0.15, 0.2) is 60.1 Å². The van der Waals surface area contributed by atoms with Crippen LogP contribution in [0.5, 0.6) is 0 Å². The van der Waals surface area contributed by atoms with E-state index in [-0.39, 0.29) is 0 Å². The van der Waals surface area contributed by atoms with Gasteiger partial charge in [-0.15, -0.1) is 11.3 Å². The highest BCUT2D eigenvalue weighted by Crippen LogP contribution is 2.28. The standard InChI is InChI=1S/C23H26N4S/c1-2-3-7-16-27-22(18-9-5-4-6-10-18)26-21-20(13-15-25-23(21)27)24-14-12-19-11-8-17-28-19/h4-6,8-11,13,15,17H,2-3,7,12,14,16H2,1H3,(H,24,25). The molecule has 4 rings (SSSR count). The summed E-state index contributed by atoms with van der Waals surface area (Å²) < 4.78 is 2.28. The lowest BCUT2D eigenvalue weighted by molar-refractivity contribution is 0.614. The number of hydrogen-bond donors (Lipinski definition) is 1. The van der Waals surface area contributed by atoms with E-state index in [0.29, 0.717) is 0 Å². The predicted molar refractivity (Wildman–Crippen MR) is 119 cm³/mol. The Balaban J connectivity index is 1.66. The number of aryl methyl sites for hydroxylation is 1. The predicted octanol–water partition coefficient (Wildman–Crippen LogP) is 6.00. The molecule has 0 bridgehead atoms. The van der Waals surface area contributed by atoms with Gasteiger partial charge < -0.3 is 9.88 Å². The average molecular weight is 391 g/mol. The van der Waals surface area contributed by atoms with Gasteiger partial charge in [0.15, 0.2) is 5.65 Å². The van der Waals surface area contributed by atoms with Crippen molar-refractivity contribution in [3.63, 3.8) is 0 Å². The number of aromatic nitrogens is 3. The fourth-order valence-electron chi connectivity index (χ4n) is 3.47. The van der Waals surface area contributed by atoms with Crippen LogP contribution >= 0.6 is 11.3 Å². The van der Waals surface area contributed by atoms with Gasteiger partial charge in [-0.25, -0.2) is 9.97 Å². The van der Waals surface area contributed by atoms with E-state index in [9.17, 15) is 0 Å². The largest absolute Gasteiger partial charge is 0.383 e. The highest BCUT2D eigenvalue weighted by Gasteiger charge is 2.16. The molecule has 0 unspecified atom stereocenters. The van der Waals surface area contributed by atoms with E-state index in [2.05, 4.69) is 63.6 Å². The summed E-state index contributed by atoms with van der Waals surface area (Å²) in [5, 5.41) is 5.71. The number of nitrogens with one attached hydrogen (secondary N) is 1. The molecule has 3 heterocycles. The Labute approximate surface area is 170 Å². The Bertz CT molecular complexity index is 1010. The Morgan fingerprint density at radius 1 is 1.04 bits per heavy atom. The van der Waals surface area contributed by atoms with E-state index in [1.807, 2.05) is 18.3 Å². The van der Waals surface area contributed by atoms with Crippen molar-refractivity contribution in [2.45, 2.75) is 39.2 Å². The molecule has 4 nitrogen and oxygen atoms in total. The van der Waals surface area contributed by atoms with E-state index in [1.54, 1.807) is 11.3 Å². The summed E-state index contributed by atoms with van der Waals surface area (Å²) in [7, 11) is 0. The van der Waals surface area contributed by atoms with Crippen LogP contribution in [0, 0.1) is 0 Å². The summed E-state index contributed by atoms with van der Waals surface area (Å²) in [5.74, 6) is 1.01. The number of benzene rings is 1. The number of anilines is 1. The summed E-state index contributed by atoms with van der Waals surface area (Å²) in [6.07, 6.45) is 6.47. The minimum absolute atomic E-state index is 0.892. The third-order valence-corrected chi connectivity index (χ3v) is 5.85. The maximum absolute atomic E-state index is 5.02. The number of unbranched alkanes of at least 4 members (excludes halogenated alkanes) is 2. The van der Waals surface area contributed by atoms with Gasteiger partial charge in [-0.2, -0.15) is 0 Å². The van der Waals surface area contributed by atoms with Crippen LogP contribution in [0.3, 0.4) is 0 Å². The number of thiophene rings is 1. The minimum Gasteiger partial charge on any atom is -0.383 e. The van der Waals surface area contributed by atoms with Gasteiger partial charge in [-0.05, 0) is 30.4 Å². The maximum atomic E-state index is 5.02. The Morgan fingerprint density at radius 2 is 1.93 bits per heavy atom. The molecule has 0 spiro atoms. The molecule has 0 aliphatic heterocycles. The van der Waals surface area contributed by atoms with Gasteiger partial charge in [-0.3, -0.25) is 0 Å². The summed E-state index contributed by atoms with van der Waals surface area (Å²) in [5.41, 5.74) is 4.13. The normalized spacial score (nSPS) is 11.2. The molecule has 5 heteroatoms. The molecule has 0 saturated carbocycles. The number of imidazole rings is 1. The quantitative estimate of drug-likeness (QED) is 0.356. The monoisotopic (exact) mass is 390 g/mol. The molecular weight excluding hydrogens is 364 g/mol. The first-order chi connectivity index (χ1) is 13.9. The molecule has 4 aromatic rings. The highest BCUT2D eigenvalue weighted by molar-refractivity contribution is 7.09. The Hall–Kier alpha value is -2.66. The van der Waals surface area contributed by atoms with E-state index in [1.165, 1.54) is 17.7 Å². The average Bonchev–Trinajstić information content (AvgIpc) is 3.37. The van der Waals surface area contributed by atoms with Gasteiger partial charge in [0.2, 0.25) is 0 Å². The second-order valence-electron chi connectivity index (χ2n) is 6.95. The van der Waals surface area contributed by atoms with Gasteiger partial charge in [0, 0.05) is 29.7 Å². The van der Waals surface area contributed by atoms with Crippen molar-refractivity contribution in [1.29, 1.82) is 0 Å². The number of pyridine rings is 1. The molecule has 28 heavy (non-hydrogen) atoms. The van der Waals surface area contributed by atoms with Crippen molar-refractivity contribution >= 4 is 28.2 Å². The lowest BCUT2D eigenvalue weighted by atomic mass is 10.2. The molecule has 0 amide bonds. The molecule has 1 aromatic carbocycles. The fourth-order valence-corrected chi connectivity index (χ4v) is 4.18. The lowest BCUT2D eigenvalue weighted by Crippen LogP contribution is -2.05. The number of hydrogen-bond acceptors (Lipinski definition) is 4. The van der Waals surface area contributed by atoms with Crippen LogP contribution in [0.4, 0.5) is 5.69 Å². The zero-order chi connectivity index (χ0) is 19.2. The van der Waals surface area contributed by atoms with Crippen molar-refractivity contribution in [3.8, 4) is 11.4 Å². The number of fused-ring (bicyclic) bond motifs is 1. The molecule has 0 aliphatic carbocycles. The third kappa shape index (κ3) is 4.09. The number of rotatable bonds is 9. The van der Waals surface area contributed by atoms with Crippen LogP contribution in [0.25, 0.3) is 22.6 Å². The fraction of sp³-hybridized carbons (Fsp3) is 0.304. The molecule has 0 radical (unpaired) electrons. The SMILES string of the molecule is CCCCCn1c(-c2ccccc2)nc2c(NCCc3cccs3)ccnc21. The first kappa shape index (κ1) is 18.7. The molecule has 0 atom stereocenters. The van der Waals surface area contributed by atoms with Crippen LogP contribution in [-0.2, 0) is 13.0 Å². The van der Waals surface area contributed by atoms with Crippen molar-refractivity contribution in [1.82, 2.24) is 14.5 Å². The molecule has 0 saturated heterocycles. The minimum atomic E-state index is 0.892. The molecule has 0 fully saturated rings. The molecule has 3 aromatic heterocycles. The second kappa shape index (κ2) is 9.02. The Kier molecular flexibility index (Phi) is 6.02. The first-order valence-electron chi connectivity index (χ1n) is 10.0. The van der Waals surface area contributed by atoms with Gasteiger partial charge in [0.25, 0.3) is 0 Å². The van der Waals surface area contributed by atoms with E-state index in [0.717, 1.165) is 54.2 Å². The van der Waals surface area contributed by atoms with Crippen LogP contribution in [-0.4, -0.2) is 21.1 Å². The van der Waals surface area contributed by atoms with E-state index >= 15 is 0 Å². The van der Waals surface area contributed by atoms with Crippen molar-refractivity contribution in [2.75, 3.05) is 11.9 Å². The van der Waals surface area contributed by atoms with Gasteiger partial charge >= 0.3 is 0 Å². The van der Waals surface area contributed by atoms with Gasteiger partial charge in [0.1, 0.15) is 11.3 Å². The lowest BCUT2D eigenvalue weighted by Gasteiger charge is -2.09. The molecule has 1 N–H and O–H groups in total. The second-order valence-corrected chi connectivity index (χ2v) is 7.98. The summed E-state index contributed by atoms with van der Waals surface area (Å²) >= 11 is 1.80. The highest BCUT2D eigenvalue weighted by atomic mass is 32.1. The third-order valence-electron chi connectivity index (χ3n) is 4.92. The smallest absolute Gasteiger partial charge is 0.162 e. The number of nitrogens with zero attached hydrogens (tertiary/aromatic N) is 3. The van der Waals surface area contributed by atoms with E-state index < -0.39 is 0 Å². The molecule has 144 valence electrons. The summed E-state index contributed by atoms with van der Waals surface area (Å²) in [4.78, 5) is 11.1. The summed E-state index contributed by atoms with van der Waals surface area (Å²) in [6, 6.07) is 16.8. The van der Waals surface area contributed by atoms with Crippen molar-refractivity contribution < 1.29 is 0 Å². The van der Waals surface area contributed by atoms with Crippen LogP contribution in [0.1, 0.15) is 31.1 Å². The van der Waals surface area contributed by atoms with Crippen molar-refractivity contribution in [3.05, 3.63) is 65.0 Å². The van der Waals surface area contributed by atoms with Crippen LogP contribution < -0.4 is 5.32 Å². The first-order valence-corrected chi connectivity index (χ1v) is 10.9. The van der Waals surface area contributed by atoms with Crippen molar-refractivity contribution in [2.24, 2.45) is 0 Å². The van der Waals surface area contributed by atoms with E-state index in [4.69, 9.17) is 4.98 Å². The zero-order valence-corrected chi connectivity index (χ0v) is 17.1. The zero-order valence-electron chi connectivity index (χ0n) is 16.3. The maximum Gasteiger partial charge on any atom is 0.162 e. The Morgan fingerprint density at radius 3 is 2.71 bits per heavy atom.